The molecule has 1 N–H and O–H groups in total. The quantitative estimate of drug-likeness (QED) is 0.212. The average molecular weight is 540 g/mol. The van der Waals surface area contributed by atoms with Crippen molar-refractivity contribution in [1.29, 1.82) is 0 Å². The van der Waals surface area contributed by atoms with Crippen LogP contribution in [0.4, 0.5) is 4.39 Å². The summed E-state index contributed by atoms with van der Waals surface area (Å²) in [5.74, 6) is 0.883. The molecule has 0 saturated carbocycles. The maximum absolute atomic E-state index is 13.3. The minimum Gasteiger partial charge on any atom is -0.493 e. The molecule has 39 heavy (non-hydrogen) atoms. The molecule has 0 aliphatic carbocycles. The highest BCUT2D eigenvalue weighted by Crippen LogP contribution is 2.33. The van der Waals surface area contributed by atoms with Gasteiger partial charge in [0.2, 0.25) is 0 Å². The van der Waals surface area contributed by atoms with Crippen molar-refractivity contribution in [3.63, 3.8) is 0 Å². The molecule has 6 nitrogen and oxygen atoms in total. The van der Waals surface area contributed by atoms with Gasteiger partial charge in [0.05, 0.1) is 13.2 Å². The predicted molar refractivity (Wildman–Crippen MR) is 149 cm³/mol. The average Bonchev–Trinajstić information content (AvgIpc) is 3.41. The molecule has 196 valence electrons. The normalized spacial score (nSPS) is 11.5. The lowest BCUT2D eigenvalue weighted by Crippen LogP contribution is -2.30. The summed E-state index contributed by atoms with van der Waals surface area (Å²) in [5.41, 5.74) is 3.50. The molecule has 1 unspecified atom stereocenters. The largest absolute Gasteiger partial charge is 0.493 e. The van der Waals surface area contributed by atoms with E-state index in [9.17, 15) is 9.18 Å². The third-order valence-electron chi connectivity index (χ3n) is 6.14. The SMILES string of the molecule is COc1cc(C(=O)NC(Cc2ccccc2)c2ccccc2)ccc1Oc1nc(Cc2ccc(F)cc2)ns1. The van der Waals surface area contributed by atoms with Crippen LogP contribution in [0.1, 0.15) is 38.9 Å². The highest BCUT2D eigenvalue weighted by atomic mass is 32.1. The van der Waals surface area contributed by atoms with Crippen molar-refractivity contribution in [2.24, 2.45) is 0 Å². The van der Waals surface area contributed by atoms with Gasteiger partial charge in [0.1, 0.15) is 5.82 Å². The smallest absolute Gasteiger partial charge is 0.298 e. The Bertz CT molecular complexity index is 1530. The number of hydrogen-bond acceptors (Lipinski definition) is 6. The maximum Gasteiger partial charge on any atom is 0.298 e. The van der Waals surface area contributed by atoms with Gasteiger partial charge in [-0.1, -0.05) is 72.8 Å². The third-order valence-corrected chi connectivity index (χ3v) is 6.77. The van der Waals surface area contributed by atoms with Crippen molar-refractivity contribution < 1.29 is 18.7 Å². The van der Waals surface area contributed by atoms with Gasteiger partial charge in [0.15, 0.2) is 17.3 Å². The van der Waals surface area contributed by atoms with Crippen LogP contribution >= 0.6 is 11.5 Å². The summed E-state index contributed by atoms with van der Waals surface area (Å²) in [5, 5.41) is 3.51. The number of carbonyl (C=O) groups is 1. The Morgan fingerprint density at radius 2 is 1.62 bits per heavy atom. The summed E-state index contributed by atoms with van der Waals surface area (Å²) in [7, 11) is 1.52. The molecule has 1 amide bonds. The summed E-state index contributed by atoms with van der Waals surface area (Å²) >= 11 is 1.11. The van der Waals surface area contributed by atoms with E-state index < -0.39 is 0 Å². The summed E-state index contributed by atoms with van der Waals surface area (Å²) in [6.45, 7) is 0. The number of ether oxygens (including phenoxy) is 2. The number of benzene rings is 4. The second-order valence-electron chi connectivity index (χ2n) is 8.87. The standard InChI is InChI=1S/C31H26FN3O3S/c1-37-28-20-24(30(36)33-26(23-10-6-3-7-11-23)18-21-8-4-2-5-9-21)14-17-27(28)38-31-34-29(35-39-31)19-22-12-15-25(32)16-13-22/h2-17,20,26H,18-19H2,1H3,(H,33,36). The van der Waals surface area contributed by atoms with E-state index in [-0.39, 0.29) is 17.8 Å². The predicted octanol–water partition coefficient (Wildman–Crippen LogP) is 6.78. The number of methoxy groups -OCH3 is 1. The maximum atomic E-state index is 13.3. The lowest BCUT2D eigenvalue weighted by atomic mass is 9.98. The number of amides is 1. The van der Waals surface area contributed by atoms with Crippen LogP contribution in [0.3, 0.4) is 0 Å². The number of rotatable bonds is 10. The molecular formula is C31H26FN3O3S. The van der Waals surface area contributed by atoms with E-state index in [0.717, 1.165) is 28.2 Å². The van der Waals surface area contributed by atoms with Crippen LogP contribution in [-0.2, 0) is 12.8 Å². The fraction of sp³-hybridized carbons (Fsp3) is 0.129. The van der Waals surface area contributed by atoms with Gasteiger partial charge in [-0.3, -0.25) is 4.79 Å². The van der Waals surface area contributed by atoms with Crippen molar-refractivity contribution >= 4 is 17.4 Å². The molecule has 0 aliphatic rings. The number of halogens is 1. The molecule has 1 atom stereocenters. The molecule has 0 fully saturated rings. The van der Waals surface area contributed by atoms with E-state index in [0.29, 0.717) is 40.9 Å². The Balaban J connectivity index is 1.29. The Morgan fingerprint density at radius 1 is 0.897 bits per heavy atom. The third kappa shape index (κ3) is 6.86. The van der Waals surface area contributed by atoms with E-state index in [4.69, 9.17) is 9.47 Å². The Hall–Kier alpha value is -4.56. The van der Waals surface area contributed by atoms with Crippen LogP contribution < -0.4 is 14.8 Å². The number of nitrogens with one attached hydrogen (secondary N) is 1. The highest BCUT2D eigenvalue weighted by Gasteiger charge is 2.19. The van der Waals surface area contributed by atoms with Crippen molar-refractivity contribution in [3.05, 3.63) is 137 Å². The summed E-state index contributed by atoms with van der Waals surface area (Å²) in [4.78, 5) is 17.7. The van der Waals surface area contributed by atoms with Gasteiger partial charge in [0, 0.05) is 23.5 Å². The number of hydrogen-bond donors (Lipinski definition) is 1. The molecule has 1 aromatic heterocycles. The van der Waals surface area contributed by atoms with Gasteiger partial charge in [-0.25, -0.2) is 4.39 Å². The van der Waals surface area contributed by atoms with Gasteiger partial charge >= 0.3 is 0 Å². The van der Waals surface area contributed by atoms with Gasteiger partial charge < -0.3 is 14.8 Å². The van der Waals surface area contributed by atoms with E-state index in [1.807, 2.05) is 48.5 Å². The van der Waals surface area contributed by atoms with Gasteiger partial charge in [0.25, 0.3) is 11.1 Å². The first-order chi connectivity index (χ1) is 19.1. The van der Waals surface area contributed by atoms with Gasteiger partial charge in [-0.2, -0.15) is 9.36 Å². The van der Waals surface area contributed by atoms with Gasteiger partial charge in [-0.15, -0.1) is 0 Å². The summed E-state index contributed by atoms with van der Waals surface area (Å²) < 4.78 is 29.0. The van der Waals surface area contributed by atoms with Crippen LogP contribution in [0.5, 0.6) is 16.7 Å². The van der Waals surface area contributed by atoms with Crippen molar-refractivity contribution in [1.82, 2.24) is 14.7 Å². The minimum atomic E-state index is -0.287. The molecule has 5 rings (SSSR count). The van der Waals surface area contributed by atoms with E-state index in [1.165, 1.54) is 19.2 Å². The Labute approximate surface area is 230 Å². The van der Waals surface area contributed by atoms with Crippen LogP contribution in [0.15, 0.2) is 103 Å². The molecular weight excluding hydrogens is 513 g/mol. The van der Waals surface area contributed by atoms with Crippen LogP contribution in [0, 0.1) is 5.82 Å². The fourth-order valence-electron chi connectivity index (χ4n) is 4.15. The topological polar surface area (TPSA) is 73.3 Å². The zero-order chi connectivity index (χ0) is 27.0. The lowest BCUT2D eigenvalue weighted by molar-refractivity contribution is 0.0936. The van der Waals surface area contributed by atoms with E-state index >= 15 is 0 Å². The van der Waals surface area contributed by atoms with E-state index in [2.05, 4.69) is 26.8 Å². The molecule has 1 heterocycles. The van der Waals surface area contributed by atoms with E-state index in [1.54, 1.807) is 30.3 Å². The Morgan fingerprint density at radius 3 is 2.33 bits per heavy atom. The minimum absolute atomic E-state index is 0.205. The van der Waals surface area contributed by atoms with Crippen molar-refractivity contribution in [2.75, 3.05) is 7.11 Å². The Kier molecular flexibility index (Phi) is 8.23. The zero-order valence-electron chi connectivity index (χ0n) is 21.2. The second kappa shape index (κ2) is 12.3. The zero-order valence-corrected chi connectivity index (χ0v) is 22.0. The monoisotopic (exact) mass is 539 g/mol. The highest BCUT2D eigenvalue weighted by molar-refractivity contribution is 7.07. The lowest BCUT2D eigenvalue weighted by Gasteiger charge is -2.20. The summed E-state index contributed by atoms with van der Waals surface area (Å²) in [6, 6.07) is 31.0. The van der Waals surface area contributed by atoms with Crippen molar-refractivity contribution in [2.45, 2.75) is 18.9 Å². The first-order valence-electron chi connectivity index (χ1n) is 12.4. The molecule has 0 spiro atoms. The number of aromatic nitrogens is 2. The molecule has 8 heteroatoms. The first-order valence-corrected chi connectivity index (χ1v) is 13.2. The first kappa shape index (κ1) is 26.1. The van der Waals surface area contributed by atoms with Gasteiger partial charge in [-0.05, 0) is 53.4 Å². The molecule has 0 saturated heterocycles. The second-order valence-corrected chi connectivity index (χ2v) is 9.59. The molecule has 0 aliphatic heterocycles. The van der Waals surface area contributed by atoms with Crippen molar-refractivity contribution in [3.8, 4) is 16.7 Å². The molecule has 5 aromatic rings. The van der Waals surface area contributed by atoms with Crippen LogP contribution in [0.2, 0.25) is 0 Å². The van der Waals surface area contributed by atoms with Crippen LogP contribution in [-0.4, -0.2) is 22.4 Å². The summed E-state index contributed by atoms with van der Waals surface area (Å²) in [6.07, 6.45) is 1.12. The molecule has 4 aromatic carbocycles. The number of carbonyl (C=O) groups excluding carboxylic acids is 1. The molecule has 0 bridgehead atoms. The number of nitrogens with zero attached hydrogens (tertiary/aromatic N) is 2. The van der Waals surface area contributed by atoms with Crippen LogP contribution in [0.25, 0.3) is 0 Å². The molecule has 0 radical (unpaired) electrons. The fourth-order valence-corrected chi connectivity index (χ4v) is 4.71.